The molecule has 0 radical (unpaired) electrons. The Morgan fingerprint density at radius 3 is 2.67 bits per heavy atom. The van der Waals surface area contributed by atoms with E-state index >= 15 is 0 Å². The van der Waals surface area contributed by atoms with Gasteiger partial charge in [0, 0.05) is 19.2 Å². The minimum absolute atomic E-state index is 0.209. The zero-order valence-electron chi connectivity index (χ0n) is 8.42. The molecule has 0 saturated heterocycles. The molecule has 1 heterocycles. The van der Waals surface area contributed by atoms with E-state index in [1.165, 1.54) is 12.1 Å². The minimum Gasteiger partial charge on any atom is -0.359 e. The summed E-state index contributed by atoms with van der Waals surface area (Å²) in [7, 11) is 1.81. The lowest BCUT2D eigenvalue weighted by Gasteiger charge is -1.98. The summed E-state index contributed by atoms with van der Waals surface area (Å²) in [5, 5.41) is 2.92. The molecule has 0 saturated carbocycles. The number of rotatable bonds is 3. The van der Waals surface area contributed by atoms with Crippen molar-refractivity contribution >= 4 is 5.95 Å². The molecule has 78 valence electrons. The van der Waals surface area contributed by atoms with Crippen LogP contribution in [0.4, 0.5) is 10.3 Å². The number of nitrogens with zero attached hydrogens (tertiary/aromatic N) is 1. The molecule has 2 rings (SSSR count). The first-order valence-corrected chi connectivity index (χ1v) is 4.74. The summed E-state index contributed by atoms with van der Waals surface area (Å²) in [5.41, 5.74) is 2.06. The van der Waals surface area contributed by atoms with Gasteiger partial charge in [-0.15, -0.1) is 0 Å². The number of imidazole rings is 1. The Hall–Kier alpha value is -1.84. The van der Waals surface area contributed by atoms with E-state index in [2.05, 4.69) is 15.3 Å². The molecule has 4 heteroatoms. The van der Waals surface area contributed by atoms with Crippen molar-refractivity contribution in [2.45, 2.75) is 6.42 Å². The molecule has 0 spiro atoms. The molecule has 0 fully saturated rings. The average Bonchev–Trinajstić information content (AvgIpc) is 2.69. The van der Waals surface area contributed by atoms with Crippen LogP contribution in [0.25, 0.3) is 0 Å². The number of aromatic amines is 1. The van der Waals surface area contributed by atoms with Crippen molar-refractivity contribution in [2.75, 3.05) is 12.4 Å². The van der Waals surface area contributed by atoms with Crippen LogP contribution in [-0.4, -0.2) is 17.0 Å². The first kappa shape index (κ1) is 9.71. The molecular weight excluding hydrogens is 193 g/mol. The fourth-order valence-corrected chi connectivity index (χ4v) is 1.40. The third-order valence-electron chi connectivity index (χ3n) is 2.17. The normalized spacial score (nSPS) is 10.3. The smallest absolute Gasteiger partial charge is 0.200 e. The molecule has 0 atom stereocenters. The fraction of sp³-hybridized carbons (Fsp3) is 0.182. The number of hydrogen-bond donors (Lipinski definition) is 2. The molecule has 0 amide bonds. The highest BCUT2D eigenvalue weighted by Crippen LogP contribution is 2.10. The molecule has 1 aromatic heterocycles. The maximum absolute atomic E-state index is 12.7. The van der Waals surface area contributed by atoms with Gasteiger partial charge in [-0.2, -0.15) is 0 Å². The van der Waals surface area contributed by atoms with Crippen LogP contribution in [0, 0.1) is 5.82 Å². The van der Waals surface area contributed by atoms with Gasteiger partial charge < -0.3 is 10.3 Å². The highest BCUT2D eigenvalue weighted by molar-refractivity contribution is 5.28. The molecule has 15 heavy (non-hydrogen) atoms. The van der Waals surface area contributed by atoms with Gasteiger partial charge in [-0.1, -0.05) is 12.1 Å². The topological polar surface area (TPSA) is 40.7 Å². The predicted molar refractivity (Wildman–Crippen MR) is 57.3 cm³/mol. The monoisotopic (exact) mass is 205 g/mol. The van der Waals surface area contributed by atoms with E-state index in [1.54, 1.807) is 25.4 Å². The summed E-state index contributed by atoms with van der Waals surface area (Å²) in [6.07, 6.45) is 2.50. The van der Waals surface area contributed by atoms with Gasteiger partial charge in [0.25, 0.3) is 0 Å². The highest BCUT2D eigenvalue weighted by atomic mass is 19.1. The van der Waals surface area contributed by atoms with E-state index < -0.39 is 0 Å². The number of anilines is 1. The number of aromatic nitrogens is 2. The van der Waals surface area contributed by atoms with E-state index in [9.17, 15) is 4.39 Å². The van der Waals surface area contributed by atoms with E-state index in [1.807, 2.05) is 0 Å². The van der Waals surface area contributed by atoms with Crippen molar-refractivity contribution < 1.29 is 4.39 Å². The van der Waals surface area contributed by atoms with Crippen LogP contribution in [0.15, 0.2) is 30.5 Å². The Kier molecular flexibility index (Phi) is 2.67. The summed E-state index contributed by atoms with van der Waals surface area (Å²) < 4.78 is 12.7. The first-order valence-electron chi connectivity index (χ1n) is 4.74. The number of halogens is 1. The Labute approximate surface area is 87.4 Å². The standard InChI is InChI=1S/C11H12FN3/c1-13-11-14-7-10(15-11)6-8-2-4-9(12)5-3-8/h2-5,7H,6H2,1H3,(H2,13,14,15). The Balaban J connectivity index is 2.11. The van der Waals surface area contributed by atoms with Gasteiger partial charge >= 0.3 is 0 Å². The molecule has 0 unspecified atom stereocenters. The second-order valence-electron chi connectivity index (χ2n) is 3.31. The summed E-state index contributed by atoms with van der Waals surface area (Å²) in [4.78, 5) is 7.22. The highest BCUT2D eigenvalue weighted by Gasteiger charge is 2.00. The van der Waals surface area contributed by atoms with Crippen molar-refractivity contribution in [1.29, 1.82) is 0 Å². The largest absolute Gasteiger partial charge is 0.359 e. The first-order chi connectivity index (χ1) is 7.28. The quantitative estimate of drug-likeness (QED) is 0.806. The zero-order valence-corrected chi connectivity index (χ0v) is 8.42. The zero-order chi connectivity index (χ0) is 10.7. The number of nitrogens with one attached hydrogen (secondary N) is 2. The van der Waals surface area contributed by atoms with Gasteiger partial charge in [0.15, 0.2) is 5.95 Å². The van der Waals surface area contributed by atoms with Gasteiger partial charge in [0.05, 0.1) is 6.20 Å². The second-order valence-corrected chi connectivity index (χ2v) is 3.31. The summed E-state index contributed by atoms with van der Waals surface area (Å²) >= 11 is 0. The van der Waals surface area contributed by atoms with Crippen LogP contribution in [0.2, 0.25) is 0 Å². The Bertz CT molecular complexity index is 433. The van der Waals surface area contributed by atoms with Crippen molar-refractivity contribution in [3.8, 4) is 0 Å². The van der Waals surface area contributed by atoms with Crippen molar-refractivity contribution in [3.63, 3.8) is 0 Å². The molecule has 1 aromatic carbocycles. The molecule has 0 bridgehead atoms. The van der Waals surface area contributed by atoms with Crippen LogP contribution >= 0.6 is 0 Å². The molecule has 2 aromatic rings. The number of benzene rings is 1. The molecule has 0 aliphatic heterocycles. The van der Waals surface area contributed by atoms with E-state index in [4.69, 9.17) is 0 Å². The summed E-state index contributed by atoms with van der Waals surface area (Å²) in [6, 6.07) is 6.47. The van der Waals surface area contributed by atoms with Crippen molar-refractivity contribution in [2.24, 2.45) is 0 Å². The third-order valence-corrected chi connectivity index (χ3v) is 2.17. The van der Waals surface area contributed by atoms with Gasteiger partial charge in [-0.05, 0) is 17.7 Å². The van der Waals surface area contributed by atoms with Gasteiger partial charge in [-0.3, -0.25) is 0 Å². The van der Waals surface area contributed by atoms with Crippen molar-refractivity contribution in [1.82, 2.24) is 9.97 Å². The third kappa shape index (κ3) is 2.34. The molecule has 0 aliphatic rings. The maximum Gasteiger partial charge on any atom is 0.200 e. The number of H-pyrrole nitrogens is 1. The van der Waals surface area contributed by atoms with Gasteiger partial charge in [0.2, 0.25) is 0 Å². The lowest BCUT2D eigenvalue weighted by Crippen LogP contribution is -1.91. The predicted octanol–water partition coefficient (Wildman–Crippen LogP) is 2.18. The average molecular weight is 205 g/mol. The Morgan fingerprint density at radius 2 is 2.07 bits per heavy atom. The lowest BCUT2D eigenvalue weighted by molar-refractivity contribution is 0.627. The van der Waals surface area contributed by atoms with E-state index in [0.717, 1.165) is 23.6 Å². The van der Waals surface area contributed by atoms with Crippen LogP contribution in [0.1, 0.15) is 11.3 Å². The summed E-state index contributed by atoms with van der Waals surface area (Å²) in [6.45, 7) is 0. The van der Waals surface area contributed by atoms with Gasteiger partial charge in [-0.25, -0.2) is 9.37 Å². The van der Waals surface area contributed by atoms with Crippen LogP contribution in [0.5, 0.6) is 0 Å². The second kappa shape index (κ2) is 4.13. The van der Waals surface area contributed by atoms with Crippen molar-refractivity contribution in [3.05, 3.63) is 47.5 Å². The van der Waals surface area contributed by atoms with Crippen LogP contribution < -0.4 is 5.32 Å². The number of hydrogen-bond acceptors (Lipinski definition) is 2. The van der Waals surface area contributed by atoms with Gasteiger partial charge in [0.1, 0.15) is 5.82 Å². The molecule has 2 N–H and O–H groups in total. The molecule has 0 aliphatic carbocycles. The molecule has 3 nitrogen and oxygen atoms in total. The summed E-state index contributed by atoms with van der Waals surface area (Å²) in [5.74, 6) is 0.534. The Morgan fingerprint density at radius 1 is 1.33 bits per heavy atom. The fourth-order valence-electron chi connectivity index (χ4n) is 1.40. The van der Waals surface area contributed by atoms with E-state index in [-0.39, 0.29) is 5.82 Å². The van der Waals surface area contributed by atoms with Crippen LogP contribution in [0.3, 0.4) is 0 Å². The maximum atomic E-state index is 12.7. The minimum atomic E-state index is -0.209. The SMILES string of the molecule is CNc1ncc(Cc2ccc(F)cc2)[nH]1. The lowest BCUT2D eigenvalue weighted by atomic mass is 10.1. The van der Waals surface area contributed by atoms with E-state index in [0.29, 0.717) is 0 Å². The van der Waals surface area contributed by atoms with Crippen LogP contribution in [-0.2, 0) is 6.42 Å². The molecular formula is C11H12FN3.